The monoisotopic (exact) mass is 310 g/mol. The minimum Gasteiger partial charge on any atom is -0.384 e. The minimum atomic E-state index is -0.617. The van der Waals surface area contributed by atoms with Crippen molar-refractivity contribution in [3.63, 3.8) is 0 Å². The SMILES string of the molecule is CCSC1CCCC1NC(=O)c1cc(N)ncc1[N+](=O)[O-]. The molecule has 8 heteroatoms. The number of aromatic nitrogens is 1. The molecule has 0 spiro atoms. The predicted octanol–water partition coefficient (Wildman–Crippen LogP) is 1.98. The van der Waals surface area contributed by atoms with Gasteiger partial charge in [-0.15, -0.1) is 0 Å². The average molecular weight is 310 g/mol. The third kappa shape index (κ3) is 3.63. The van der Waals surface area contributed by atoms with Crippen molar-refractivity contribution in [3.8, 4) is 0 Å². The van der Waals surface area contributed by atoms with Crippen molar-refractivity contribution < 1.29 is 9.72 Å². The summed E-state index contributed by atoms with van der Waals surface area (Å²) < 4.78 is 0. The molecule has 0 saturated heterocycles. The summed E-state index contributed by atoms with van der Waals surface area (Å²) in [6.45, 7) is 2.08. The summed E-state index contributed by atoms with van der Waals surface area (Å²) in [5.74, 6) is 0.625. The summed E-state index contributed by atoms with van der Waals surface area (Å²) in [4.78, 5) is 26.4. The summed E-state index contributed by atoms with van der Waals surface area (Å²) in [7, 11) is 0. The molecule has 0 bridgehead atoms. The first kappa shape index (κ1) is 15.6. The van der Waals surface area contributed by atoms with Gasteiger partial charge in [-0.25, -0.2) is 4.98 Å². The van der Waals surface area contributed by atoms with Crippen molar-refractivity contribution >= 4 is 29.2 Å². The first-order valence-electron chi connectivity index (χ1n) is 6.85. The van der Waals surface area contributed by atoms with E-state index in [2.05, 4.69) is 17.2 Å². The highest BCUT2D eigenvalue weighted by Gasteiger charge is 2.30. The fourth-order valence-corrected chi connectivity index (χ4v) is 3.74. The van der Waals surface area contributed by atoms with Crippen LogP contribution in [0, 0.1) is 10.1 Å². The lowest BCUT2D eigenvalue weighted by Crippen LogP contribution is -2.39. The fraction of sp³-hybridized carbons (Fsp3) is 0.538. The maximum Gasteiger partial charge on any atom is 0.300 e. The minimum absolute atomic E-state index is 0.0281. The molecule has 2 rings (SSSR count). The molecule has 1 aliphatic carbocycles. The highest BCUT2D eigenvalue weighted by molar-refractivity contribution is 7.99. The van der Waals surface area contributed by atoms with Gasteiger partial charge >= 0.3 is 0 Å². The van der Waals surface area contributed by atoms with Gasteiger partial charge in [0.2, 0.25) is 0 Å². The number of amides is 1. The number of hydrogen-bond donors (Lipinski definition) is 2. The molecule has 0 aromatic carbocycles. The lowest BCUT2D eigenvalue weighted by molar-refractivity contribution is -0.385. The van der Waals surface area contributed by atoms with Crippen molar-refractivity contribution in [1.29, 1.82) is 0 Å². The largest absolute Gasteiger partial charge is 0.384 e. The van der Waals surface area contributed by atoms with Crippen molar-refractivity contribution in [2.75, 3.05) is 11.5 Å². The van der Waals surface area contributed by atoms with E-state index in [1.165, 1.54) is 6.07 Å². The van der Waals surface area contributed by atoms with Crippen LogP contribution in [0.15, 0.2) is 12.3 Å². The number of nitrogens with two attached hydrogens (primary N) is 1. The lowest BCUT2D eigenvalue weighted by atomic mass is 10.1. The van der Waals surface area contributed by atoms with Crippen molar-refractivity contribution in [3.05, 3.63) is 27.9 Å². The van der Waals surface area contributed by atoms with Crippen LogP contribution < -0.4 is 11.1 Å². The molecule has 1 saturated carbocycles. The third-order valence-corrected chi connectivity index (χ3v) is 4.82. The molecule has 1 heterocycles. The van der Waals surface area contributed by atoms with E-state index in [-0.39, 0.29) is 23.1 Å². The van der Waals surface area contributed by atoms with E-state index in [0.29, 0.717) is 5.25 Å². The molecule has 0 aliphatic heterocycles. The summed E-state index contributed by atoms with van der Waals surface area (Å²) in [5, 5.41) is 14.3. The molecule has 3 N–H and O–H groups in total. The van der Waals surface area contributed by atoms with Gasteiger partial charge < -0.3 is 11.1 Å². The topological polar surface area (TPSA) is 111 Å². The summed E-state index contributed by atoms with van der Waals surface area (Å²) in [6, 6.07) is 1.31. The molecule has 1 aliphatic rings. The summed E-state index contributed by atoms with van der Waals surface area (Å²) in [6.07, 6.45) is 4.04. The van der Waals surface area contributed by atoms with Gasteiger partial charge in [-0.3, -0.25) is 14.9 Å². The van der Waals surface area contributed by atoms with E-state index in [9.17, 15) is 14.9 Å². The van der Waals surface area contributed by atoms with E-state index in [1.807, 2.05) is 11.8 Å². The Labute approximate surface area is 126 Å². The highest BCUT2D eigenvalue weighted by atomic mass is 32.2. The Balaban J connectivity index is 2.16. The van der Waals surface area contributed by atoms with Crippen LogP contribution in [-0.2, 0) is 0 Å². The molecule has 2 atom stereocenters. The second-order valence-electron chi connectivity index (χ2n) is 4.89. The van der Waals surface area contributed by atoms with Crippen LogP contribution in [0.2, 0.25) is 0 Å². The number of anilines is 1. The number of nitrogen functional groups attached to an aromatic ring is 1. The second-order valence-corrected chi connectivity index (χ2v) is 6.40. The molecule has 114 valence electrons. The summed E-state index contributed by atoms with van der Waals surface area (Å²) >= 11 is 1.81. The first-order chi connectivity index (χ1) is 10.0. The van der Waals surface area contributed by atoms with Gasteiger partial charge in [0.05, 0.1) is 4.92 Å². The zero-order chi connectivity index (χ0) is 15.4. The second kappa shape index (κ2) is 6.75. The molecule has 1 aromatic heterocycles. The normalized spacial score (nSPS) is 21.2. The van der Waals surface area contributed by atoms with Gasteiger partial charge in [-0.05, 0) is 24.7 Å². The number of carbonyl (C=O) groups excluding carboxylic acids is 1. The van der Waals surface area contributed by atoms with Gasteiger partial charge in [-0.1, -0.05) is 13.3 Å². The first-order valence-corrected chi connectivity index (χ1v) is 7.90. The third-order valence-electron chi connectivity index (χ3n) is 3.50. The molecule has 1 amide bonds. The molecule has 21 heavy (non-hydrogen) atoms. The lowest BCUT2D eigenvalue weighted by Gasteiger charge is -2.20. The van der Waals surface area contributed by atoms with Crippen LogP contribution in [0.3, 0.4) is 0 Å². The molecule has 1 fully saturated rings. The summed E-state index contributed by atoms with van der Waals surface area (Å²) in [5.41, 5.74) is 5.18. The van der Waals surface area contributed by atoms with Crippen molar-refractivity contribution in [1.82, 2.24) is 10.3 Å². The molecule has 7 nitrogen and oxygen atoms in total. The Kier molecular flexibility index (Phi) is 5.00. The number of hydrogen-bond acceptors (Lipinski definition) is 6. The predicted molar refractivity (Wildman–Crippen MR) is 82.3 cm³/mol. The van der Waals surface area contributed by atoms with Crippen LogP contribution in [0.5, 0.6) is 0 Å². The zero-order valence-electron chi connectivity index (χ0n) is 11.7. The van der Waals surface area contributed by atoms with Crippen LogP contribution in [0.25, 0.3) is 0 Å². The van der Waals surface area contributed by atoms with Gasteiger partial charge in [0.15, 0.2) is 0 Å². The van der Waals surface area contributed by atoms with Gasteiger partial charge in [0.1, 0.15) is 17.6 Å². The number of rotatable bonds is 5. The van der Waals surface area contributed by atoms with Crippen LogP contribution in [0.4, 0.5) is 11.5 Å². The van der Waals surface area contributed by atoms with Gasteiger partial charge in [0, 0.05) is 11.3 Å². The number of nitrogens with zero attached hydrogens (tertiary/aromatic N) is 2. The Morgan fingerprint density at radius 1 is 1.62 bits per heavy atom. The number of pyridine rings is 1. The smallest absolute Gasteiger partial charge is 0.300 e. The van der Waals surface area contributed by atoms with E-state index in [4.69, 9.17) is 5.73 Å². The van der Waals surface area contributed by atoms with Crippen LogP contribution in [-0.4, -0.2) is 32.9 Å². The standard InChI is InChI=1S/C13H18N4O3S/c1-2-21-11-5-3-4-9(11)16-13(18)8-6-12(14)15-7-10(8)17(19)20/h6-7,9,11H,2-5H2,1H3,(H2,14,15)(H,16,18). The van der Waals surface area contributed by atoms with Gasteiger partial charge in [0.25, 0.3) is 11.6 Å². The average Bonchev–Trinajstić information content (AvgIpc) is 2.86. The van der Waals surface area contributed by atoms with E-state index < -0.39 is 10.8 Å². The number of nitrogens with one attached hydrogen (secondary N) is 1. The molecule has 1 aromatic rings. The highest BCUT2D eigenvalue weighted by Crippen LogP contribution is 2.30. The van der Waals surface area contributed by atoms with E-state index in [1.54, 1.807) is 0 Å². The van der Waals surface area contributed by atoms with E-state index >= 15 is 0 Å². The Hall–Kier alpha value is -1.83. The van der Waals surface area contributed by atoms with Crippen molar-refractivity contribution in [2.24, 2.45) is 0 Å². The molecular formula is C13H18N4O3S. The Morgan fingerprint density at radius 2 is 2.38 bits per heavy atom. The quantitative estimate of drug-likeness (QED) is 0.635. The molecular weight excluding hydrogens is 292 g/mol. The molecule has 0 radical (unpaired) electrons. The van der Waals surface area contributed by atoms with Crippen molar-refractivity contribution in [2.45, 2.75) is 37.5 Å². The number of carbonyl (C=O) groups is 1. The zero-order valence-corrected chi connectivity index (χ0v) is 12.6. The van der Waals surface area contributed by atoms with Crippen LogP contribution >= 0.6 is 11.8 Å². The number of thioether (sulfide) groups is 1. The van der Waals surface area contributed by atoms with Crippen LogP contribution in [0.1, 0.15) is 36.5 Å². The number of nitro groups is 1. The maximum absolute atomic E-state index is 12.3. The fourth-order valence-electron chi connectivity index (χ4n) is 2.54. The Bertz CT molecular complexity index is 552. The molecule has 2 unspecified atom stereocenters. The van der Waals surface area contributed by atoms with Gasteiger partial charge in [-0.2, -0.15) is 11.8 Å². The Morgan fingerprint density at radius 3 is 3.05 bits per heavy atom. The van der Waals surface area contributed by atoms with E-state index in [0.717, 1.165) is 31.2 Å². The maximum atomic E-state index is 12.3.